The van der Waals surface area contributed by atoms with Gasteiger partial charge in [0, 0.05) is 17.4 Å². The Hall–Kier alpha value is -2.20. The molecule has 0 saturated heterocycles. The van der Waals surface area contributed by atoms with E-state index in [1.807, 2.05) is 19.9 Å². The maximum absolute atomic E-state index is 12.8. The lowest BCUT2D eigenvalue weighted by atomic mass is 9.94. The van der Waals surface area contributed by atoms with E-state index >= 15 is 0 Å². The SMILES string of the molecule is Cc1cc(C)nc(OC2CCC(NS(=O)(=O)c3cccc(C(F)(F)F)c3)CC2)n1. The molecular weight excluding hydrogens is 407 g/mol. The van der Waals surface area contributed by atoms with E-state index in [1.165, 1.54) is 0 Å². The van der Waals surface area contributed by atoms with Crippen LogP contribution < -0.4 is 9.46 Å². The van der Waals surface area contributed by atoms with Crippen LogP contribution in [0.3, 0.4) is 0 Å². The van der Waals surface area contributed by atoms with Crippen molar-refractivity contribution in [1.29, 1.82) is 0 Å². The molecule has 0 unspecified atom stereocenters. The van der Waals surface area contributed by atoms with Gasteiger partial charge in [0.25, 0.3) is 0 Å². The molecule has 158 valence electrons. The van der Waals surface area contributed by atoms with Gasteiger partial charge in [-0.25, -0.2) is 23.1 Å². The topological polar surface area (TPSA) is 81.2 Å². The number of hydrogen-bond acceptors (Lipinski definition) is 5. The van der Waals surface area contributed by atoms with Gasteiger partial charge in [0.05, 0.1) is 10.5 Å². The molecule has 1 aromatic carbocycles. The van der Waals surface area contributed by atoms with E-state index in [2.05, 4.69) is 14.7 Å². The Kier molecular flexibility index (Phi) is 6.13. The summed E-state index contributed by atoms with van der Waals surface area (Å²) in [5.41, 5.74) is 0.607. The van der Waals surface area contributed by atoms with Gasteiger partial charge >= 0.3 is 12.2 Å². The van der Waals surface area contributed by atoms with Gasteiger partial charge in [0.15, 0.2) is 0 Å². The summed E-state index contributed by atoms with van der Waals surface area (Å²) in [6.45, 7) is 3.70. The molecule has 0 aliphatic heterocycles. The average molecular weight is 429 g/mol. The van der Waals surface area contributed by atoms with E-state index in [0.29, 0.717) is 37.8 Å². The van der Waals surface area contributed by atoms with Gasteiger partial charge in [-0.1, -0.05) is 6.07 Å². The summed E-state index contributed by atoms with van der Waals surface area (Å²) in [6.07, 6.45) is -2.54. The summed E-state index contributed by atoms with van der Waals surface area (Å²) >= 11 is 0. The largest absolute Gasteiger partial charge is 0.460 e. The van der Waals surface area contributed by atoms with Gasteiger partial charge in [0.2, 0.25) is 10.0 Å². The fourth-order valence-corrected chi connectivity index (χ4v) is 4.67. The van der Waals surface area contributed by atoms with Gasteiger partial charge in [0.1, 0.15) is 6.10 Å². The second-order valence-corrected chi connectivity index (χ2v) is 8.89. The van der Waals surface area contributed by atoms with Crippen molar-refractivity contribution in [3.8, 4) is 6.01 Å². The fourth-order valence-electron chi connectivity index (χ4n) is 3.32. The minimum absolute atomic E-state index is 0.134. The zero-order valence-electron chi connectivity index (χ0n) is 16.0. The molecule has 0 spiro atoms. The van der Waals surface area contributed by atoms with Crippen molar-refractivity contribution in [2.75, 3.05) is 0 Å². The second kappa shape index (κ2) is 8.27. The van der Waals surface area contributed by atoms with Crippen molar-refractivity contribution in [2.24, 2.45) is 0 Å². The van der Waals surface area contributed by atoms with Crippen LogP contribution >= 0.6 is 0 Å². The summed E-state index contributed by atoms with van der Waals surface area (Å²) in [5, 5.41) is 0. The van der Waals surface area contributed by atoms with Crippen LogP contribution in [-0.2, 0) is 16.2 Å². The molecule has 0 bridgehead atoms. The van der Waals surface area contributed by atoms with Gasteiger partial charge in [-0.05, 0) is 63.8 Å². The Balaban J connectivity index is 1.60. The number of halogens is 3. The minimum atomic E-state index is -4.60. The van der Waals surface area contributed by atoms with Gasteiger partial charge in [-0.3, -0.25) is 0 Å². The van der Waals surface area contributed by atoms with Crippen LogP contribution in [0.4, 0.5) is 13.2 Å². The third-order valence-electron chi connectivity index (χ3n) is 4.70. The lowest BCUT2D eigenvalue weighted by molar-refractivity contribution is -0.137. The summed E-state index contributed by atoms with van der Waals surface area (Å²) in [7, 11) is -4.05. The van der Waals surface area contributed by atoms with Crippen molar-refractivity contribution < 1.29 is 26.3 Å². The highest BCUT2D eigenvalue weighted by atomic mass is 32.2. The quantitative estimate of drug-likeness (QED) is 0.782. The number of ether oxygens (including phenoxy) is 1. The Bertz CT molecular complexity index is 952. The molecule has 1 N–H and O–H groups in total. The van der Waals surface area contributed by atoms with Crippen molar-refractivity contribution in [3.63, 3.8) is 0 Å². The average Bonchev–Trinajstić information content (AvgIpc) is 2.62. The van der Waals surface area contributed by atoms with E-state index in [0.717, 1.165) is 29.6 Å². The van der Waals surface area contributed by atoms with Crippen molar-refractivity contribution in [2.45, 2.75) is 62.7 Å². The molecule has 10 heteroatoms. The third kappa shape index (κ3) is 5.66. The van der Waals surface area contributed by atoms with Crippen LogP contribution in [0.15, 0.2) is 35.2 Å². The predicted molar refractivity (Wildman–Crippen MR) is 99.9 cm³/mol. The molecule has 1 heterocycles. The number of rotatable bonds is 5. The van der Waals surface area contributed by atoms with Crippen LogP contribution in [0.2, 0.25) is 0 Å². The lowest BCUT2D eigenvalue weighted by Gasteiger charge is -2.28. The van der Waals surface area contributed by atoms with E-state index in [1.54, 1.807) is 0 Å². The molecule has 6 nitrogen and oxygen atoms in total. The molecule has 29 heavy (non-hydrogen) atoms. The molecule has 3 rings (SSSR count). The molecule has 1 saturated carbocycles. The van der Waals surface area contributed by atoms with Crippen molar-refractivity contribution in [1.82, 2.24) is 14.7 Å². The third-order valence-corrected chi connectivity index (χ3v) is 6.22. The Labute approximate surface area is 167 Å². The minimum Gasteiger partial charge on any atom is -0.460 e. The predicted octanol–water partition coefficient (Wildman–Crippen LogP) is 3.78. The van der Waals surface area contributed by atoms with Crippen LogP contribution in [-0.4, -0.2) is 30.5 Å². The molecular formula is C19H22F3N3O3S. The van der Waals surface area contributed by atoms with Crippen molar-refractivity contribution in [3.05, 3.63) is 47.3 Å². The Morgan fingerprint density at radius 2 is 1.66 bits per heavy atom. The highest BCUT2D eigenvalue weighted by molar-refractivity contribution is 7.89. The number of nitrogens with zero attached hydrogens (tertiary/aromatic N) is 2. The fraction of sp³-hybridized carbons (Fsp3) is 0.474. The first-order valence-electron chi connectivity index (χ1n) is 9.21. The summed E-state index contributed by atoms with van der Waals surface area (Å²) in [6, 6.07) is 5.51. The number of sulfonamides is 1. The first kappa shape index (κ1) is 21.5. The first-order chi connectivity index (χ1) is 13.5. The zero-order chi connectivity index (χ0) is 21.2. The van der Waals surface area contributed by atoms with Crippen LogP contribution in [0.5, 0.6) is 6.01 Å². The molecule has 1 aliphatic rings. The summed E-state index contributed by atoms with van der Waals surface area (Å²) in [4.78, 5) is 8.08. The molecule has 0 atom stereocenters. The number of hydrogen-bond donors (Lipinski definition) is 1. The molecule has 0 amide bonds. The maximum atomic E-state index is 12.8. The monoisotopic (exact) mass is 429 g/mol. The number of alkyl halides is 3. The first-order valence-corrected chi connectivity index (χ1v) is 10.7. The van der Waals surface area contributed by atoms with Crippen LogP contribution in [0.25, 0.3) is 0 Å². The van der Waals surface area contributed by atoms with Gasteiger partial charge in [-0.15, -0.1) is 0 Å². The van der Waals surface area contributed by atoms with E-state index in [9.17, 15) is 21.6 Å². The Morgan fingerprint density at radius 3 is 2.24 bits per heavy atom. The molecule has 1 aliphatic carbocycles. The number of nitrogens with one attached hydrogen (secondary N) is 1. The summed E-state index contributed by atoms with van der Waals surface area (Å²) < 4.78 is 71.9. The standard InChI is InChI=1S/C19H22F3N3O3S/c1-12-10-13(2)24-18(23-12)28-16-8-6-15(7-9-16)25-29(26,27)17-5-3-4-14(11-17)19(20,21)22/h3-5,10-11,15-16,25H,6-9H2,1-2H3. The normalized spacial score (nSPS) is 20.4. The van der Waals surface area contributed by atoms with Gasteiger partial charge < -0.3 is 4.74 Å². The van der Waals surface area contributed by atoms with E-state index < -0.39 is 26.7 Å². The number of aromatic nitrogens is 2. The second-order valence-electron chi connectivity index (χ2n) is 7.17. The highest BCUT2D eigenvalue weighted by Crippen LogP contribution is 2.31. The van der Waals surface area contributed by atoms with Crippen LogP contribution in [0.1, 0.15) is 42.6 Å². The van der Waals surface area contributed by atoms with Crippen molar-refractivity contribution >= 4 is 10.0 Å². The number of aryl methyl sites for hydroxylation is 2. The lowest BCUT2D eigenvalue weighted by Crippen LogP contribution is -2.39. The van der Waals surface area contributed by atoms with E-state index in [-0.39, 0.29) is 12.1 Å². The highest BCUT2D eigenvalue weighted by Gasteiger charge is 2.32. The number of benzene rings is 1. The van der Waals surface area contributed by atoms with Crippen LogP contribution in [0, 0.1) is 13.8 Å². The smallest absolute Gasteiger partial charge is 0.416 e. The van der Waals surface area contributed by atoms with E-state index in [4.69, 9.17) is 4.74 Å². The summed E-state index contributed by atoms with van der Waals surface area (Å²) in [5.74, 6) is 0. The molecule has 2 aromatic rings. The molecule has 1 fully saturated rings. The molecule has 0 radical (unpaired) electrons. The van der Waals surface area contributed by atoms with Gasteiger partial charge in [-0.2, -0.15) is 13.2 Å². The zero-order valence-corrected chi connectivity index (χ0v) is 16.8. The Morgan fingerprint density at radius 1 is 1.03 bits per heavy atom. The maximum Gasteiger partial charge on any atom is 0.416 e. The molecule has 1 aromatic heterocycles.